The minimum absolute atomic E-state index is 0.0167. The third kappa shape index (κ3) is 3.07. The minimum Gasteiger partial charge on any atom is -0.497 e. The molecule has 1 aliphatic carbocycles. The van der Waals surface area contributed by atoms with Crippen molar-refractivity contribution in [3.05, 3.63) is 29.3 Å². The fourth-order valence-electron chi connectivity index (χ4n) is 2.55. The van der Waals surface area contributed by atoms with Crippen molar-refractivity contribution in [3.63, 3.8) is 0 Å². The van der Waals surface area contributed by atoms with Crippen LogP contribution in [0.5, 0.6) is 5.75 Å². The van der Waals surface area contributed by atoms with Crippen molar-refractivity contribution in [2.45, 2.75) is 26.2 Å². The van der Waals surface area contributed by atoms with Crippen molar-refractivity contribution in [2.75, 3.05) is 20.3 Å². The van der Waals surface area contributed by atoms with E-state index in [0.717, 1.165) is 12.0 Å². The van der Waals surface area contributed by atoms with Gasteiger partial charge in [0, 0.05) is 18.6 Å². The molecule has 0 amide bonds. The zero-order valence-electron chi connectivity index (χ0n) is 12.0. The van der Waals surface area contributed by atoms with Gasteiger partial charge in [-0.15, -0.1) is 0 Å². The number of ketones is 2. The summed E-state index contributed by atoms with van der Waals surface area (Å²) in [6.45, 7) is 2.87. The first kappa shape index (κ1) is 14.7. The molecular weight excluding hydrogens is 256 g/mol. The number of rotatable bonds is 6. The molecule has 0 heterocycles. The molecule has 2 rings (SSSR count). The predicted molar refractivity (Wildman–Crippen MR) is 75.3 cm³/mol. The molecule has 108 valence electrons. The van der Waals surface area contributed by atoms with Gasteiger partial charge in [-0.3, -0.25) is 9.59 Å². The van der Waals surface area contributed by atoms with Gasteiger partial charge in [-0.05, 0) is 37.5 Å². The van der Waals surface area contributed by atoms with E-state index in [1.165, 1.54) is 0 Å². The normalized spacial score (nSPS) is 17.7. The molecule has 1 aromatic carbocycles. The Morgan fingerprint density at radius 1 is 1.40 bits per heavy atom. The Balaban J connectivity index is 2.12. The van der Waals surface area contributed by atoms with Crippen LogP contribution in [-0.2, 0) is 16.0 Å². The molecule has 0 N–H and O–H groups in total. The zero-order chi connectivity index (χ0) is 14.5. The Morgan fingerprint density at radius 3 is 2.90 bits per heavy atom. The average molecular weight is 276 g/mol. The van der Waals surface area contributed by atoms with E-state index >= 15 is 0 Å². The van der Waals surface area contributed by atoms with Gasteiger partial charge >= 0.3 is 0 Å². The fourth-order valence-corrected chi connectivity index (χ4v) is 2.55. The summed E-state index contributed by atoms with van der Waals surface area (Å²) in [5.41, 5.74) is 1.63. The van der Waals surface area contributed by atoms with Crippen LogP contribution in [0.15, 0.2) is 18.2 Å². The first-order valence-corrected chi connectivity index (χ1v) is 6.99. The molecule has 0 spiro atoms. The highest BCUT2D eigenvalue weighted by molar-refractivity contribution is 6.12. The minimum atomic E-state index is -0.518. The van der Waals surface area contributed by atoms with Crippen LogP contribution in [0, 0.1) is 5.92 Å². The van der Waals surface area contributed by atoms with Crippen molar-refractivity contribution in [3.8, 4) is 5.75 Å². The number of hydrogen-bond donors (Lipinski definition) is 0. The molecule has 4 nitrogen and oxygen atoms in total. The topological polar surface area (TPSA) is 52.6 Å². The molecule has 1 atom stereocenters. The van der Waals surface area contributed by atoms with Crippen LogP contribution in [0.3, 0.4) is 0 Å². The molecule has 4 heteroatoms. The van der Waals surface area contributed by atoms with E-state index in [-0.39, 0.29) is 11.6 Å². The molecule has 0 aromatic heterocycles. The average Bonchev–Trinajstić information content (AvgIpc) is 2.47. The molecule has 1 aromatic rings. The van der Waals surface area contributed by atoms with E-state index in [1.54, 1.807) is 13.2 Å². The van der Waals surface area contributed by atoms with Gasteiger partial charge < -0.3 is 9.47 Å². The van der Waals surface area contributed by atoms with Crippen LogP contribution in [-0.4, -0.2) is 31.9 Å². The Morgan fingerprint density at radius 2 is 2.20 bits per heavy atom. The van der Waals surface area contributed by atoms with Crippen LogP contribution < -0.4 is 4.74 Å². The lowest BCUT2D eigenvalue weighted by Crippen LogP contribution is -2.30. The number of Topliss-reactive ketones (excluding diaryl/α,β-unsaturated/α-hetero) is 2. The summed E-state index contributed by atoms with van der Waals surface area (Å²) in [5.74, 6) is 0.0399. The monoisotopic (exact) mass is 276 g/mol. The third-order valence-electron chi connectivity index (χ3n) is 3.69. The van der Waals surface area contributed by atoms with E-state index in [0.29, 0.717) is 37.4 Å². The van der Waals surface area contributed by atoms with E-state index in [9.17, 15) is 9.59 Å². The van der Waals surface area contributed by atoms with Crippen molar-refractivity contribution in [1.82, 2.24) is 0 Å². The number of ether oxygens (including phenoxy) is 2. The summed E-state index contributed by atoms with van der Waals surface area (Å²) in [4.78, 5) is 24.6. The summed E-state index contributed by atoms with van der Waals surface area (Å²) in [6, 6.07) is 5.50. The van der Waals surface area contributed by atoms with E-state index in [2.05, 4.69) is 0 Å². The Labute approximate surface area is 119 Å². The summed E-state index contributed by atoms with van der Waals surface area (Å²) < 4.78 is 10.3. The lowest BCUT2D eigenvalue weighted by Gasteiger charge is -2.22. The van der Waals surface area contributed by atoms with Gasteiger partial charge in [0.25, 0.3) is 0 Å². The van der Waals surface area contributed by atoms with Crippen LogP contribution in [0.2, 0.25) is 0 Å². The maximum Gasteiger partial charge on any atom is 0.173 e. The fraction of sp³-hybridized carbons (Fsp3) is 0.500. The molecule has 1 unspecified atom stereocenters. The Bertz CT molecular complexity index is 507. The molecule has 1 aliphatic rings. The van der Waals surface area contributed by atoms with Crippen LogP contribution >= 0.6 is 0 Å². The molecule has 0 fully saturated rings. The van der Waals surface area contributed by atoms with Crippen LogP contribution in [0.25, 0.3) is 0 Å². The molecule has 0 radical (unpaired) electrons. The Kier molecular flexibility index (Phi) is 4.90. The first-order valence-electron chi connectivity index (χ1n) is 6.99. The number of carbonyl (C=O) groups is 2. The van der Waals surface area contributed by atoms with Gasteiger partial charge in [0.2, 0.25) is 0 Å². The second-order valence-corrected chi connectivity index (χ2v) is 4.89. The molecular formula is C16H20O4. The standard InChI is InChI=1S/C16H20O4/c1-3-20-9-8-15(17)13-7-5-11-4-6-12(19-2)10-14(11)16(13)18/h4,6,10,13H,3,5,7-9H2,1-2H3. The molecule has 0 aliphatic heterocycles. The number of hydrogen-bond acceptors (Lipinski definition) is 4. The van der Waals surface area contributed by atoms with Crippen LogP contribution in [0.4, 0.5) is 0 Å². The maximum atomic E-state index is 12.4. The molecule has 0 saturated carbocycles. The van der Waals surface area contributed by atoms with Crippen molar-refractivity contribution < 1.29 is 19.1 Å². The highest BCUT2D eigenvalue weighted by Gasteiger charge is 2.32. The summed E-state index contributed by atoms with van der Waals surface area (Å²) in [7, 11) is 1.57. The smallest absolute Gasteiger partial charge is 0.173 e. The summed E-state index contributed by atoms with van der Waals surface area (Å²) >= 11 is 0. The highest BCUT2D eigenvalue weighted by Crippen LogP contribution is 2.29. The summed E-state index contributed by atoms with van der Waals surface area (Å²) in [5, 5.41) is 0. The molecule has 0 saturated heterocycles. The van der Waals surface area contributed by atoms with Gasteiger partial charge in [0.15, 0.2) is 5.78 Å². The van der Waals surface area contributed by atoms with Crippen molar-refractivity contribution >= 4 is 11.6 Å². The number of aryl methyl sites for hydroxylation is 1. The number of carbonyl (C=O) groups excluding carboxylic acids is 2. The largest absolute Gasteiger partial charge is 0.497 e. The van der Waals surface area contributed by atoms with E-state index < -0.39 is 5.92 Å². The first-order chi connectivity index (χ1) is 9.67. The maximum absolute atomic E-state index is 12.4. The van der Waals surface area contributed by atoms with E-state index in [1.807, 2.05) is 19.1 Å². The quantitative estimate of drug-likeness (QED) is 0.591. The zero-order valence-corrected chi connectivity index (χ0v) is 12.0. The van der Waals surface area contributed by atoms with Crippen LogP contribution in [0.1, 0.15) is 35.7 Å². The number of fused-ring (bicyclic) bond motifs is 1. The Hall–Kier alpha value is -1.68. The van der Waals surface area contributed by atoms with Gasteiger partial charge in [-0.1, -0.05) is 6.07 Å². The second-order valence-electron chi connectivity index (χ2n) is 4.89. The van der Waals surface area contributed by atoms with Gasteiger partial charge in [0.1, 0.15) is 11.5 Å². The molecule has 0 bridgehead atoms. The lowest BCUT2D eigenvalue weighted by molar-refractivity contribution is -0.122. The lowest BCUT2D eigenvalue weighted by atomic mass is 9.80. The van der Waals surface area contributed by atoms with Gasteiger partial charge in [0.05, 0.1) is 19.6 Å². The van der Waals surface area contributed by atoms with Gasteiger partial charge in [-0.2, -0.15) is 0 Å². The van der Waals surface area contributed by atoms with E-state index in [4.69, 9.17) is 9.47 Å². The molecule has 20 heavy (non-hydrogen) atoms. The van der Waals surface area contributed by atoms with Crippen molar-refractivity contribution in [2.24, 2.45) is 5.92 Å². The van der Waals surface area contributed by atoms with Gasteiger partial charge in [-0.25, -0.2) is 0 Å². The predicted octanol–water partition coefficient (Wildman–Crippen LogP) is 2.44. The third-order valence-corrected chi connectivity index (χ3v) is 3.69. The SMILES string of the molecule is CCOCCC(=O)C1CCc2ccc(OC)cc2C1=O. The number of benzene rings is 1. The van der Waals surface area contributed by atoms with Crippen molar-refractivity contribution in [1.29, 1.82) is 0 Å². The number of methoxy groups -OCH3 is 1. The second kappa shape index (κ2) is 6.66. The highest BCUT2D eigenvalue weighted by atomic mass is 16.5. The summed E-state index contributed by atoms with van der Waals surface area (Å²) in [6.07, 6.45) is 1.67.